The van der Waals surface area contributed by atoms with Crippen LogP contribution in [-0.4, -0.2) is 19.8 Å². The molecule has 2 aromatic carbocycles. The van der Waals surface area contributed by atoms with Crippen molar-refractivity contribution in [3.63, 3.8) is 0 Å². The largest absolute Gasteiger partial charge is 0.494 e. The second-order valence-electron chi connectivity index (χ2n) is 5.63. The van der Waals surface area contributed by atoms with E-state index in [2.05, 4.69) is 0 Å². The first-order chi connectivity index (χ1) is 12.5. The third-order valence-electron chi connectivity index (χ3n) is 3.87. The lowest BCUT2D eigenvalue weighted by atomic mass is 10.2. The molecule has 0 unspecified atom stereocenters. The molecule has 5 nitrogen and oxygen atoms in total. The maximum absolute atomic E-state index is 14.0. The fourth-order valence-electron chi connectivity index (χ4n) is 2.56. The SMILES string of the molecule is COc1ccc(CN(Cc2ccco2)S(=O)(=O)c2ccccc2)cc1F. The first-order valence-corrected chi connectivity index (χ1v) is 9.34. The average Bonchev–Trinajstić information content (AvgIpc) is 3.15. The number of halogens is 1. The summed E-state index contributed by atoms with van der Waals surface area (Å²) in [5.41, 5.74) is 0.509. The number of methoxy groups -OCH3 is 1. The molecule has 26 heavy (non-hydrogen) atoms. The van der Waals surface area contributed by atoms with E-state index >= 15 is 0 Å². The van der Waals surface area contributed by atoms with Crippen LogP contribution in [0.2, 0.25) is 0 Å². The third kappa shape index (κ3) is 3.95. The molecule has 0 aliphatic heterocycles. The van der Waals surface area contributed by atoms with Crippen molar-refractivity contribution < 1.29 is 22.0 Å². The summed E-state index contributed by atoms with van der Waals surface area (Å²) in [7, 11) is -2.41. The zero-order valence-corrected chi connectivity index (χ0v) is 14.9. The Kier molecular flexibility index (Phi) is 5.39. The molecule has 0 aliphatic rings. The zero-order chi connectivity index (χ0) is 18.6. The molecule has 3 aromatic rings. The molecule has 1 aromatic heterocycles. The number of benzene rings is 2. The Labute approximate surface area is 151 Å². The number of ether oxygens (including phenoxy) is 1. The van der Waals surface area contributed by atoms with E-state index in [1.165, 1.54) is 41.9 Å². The van der Waals surface area contributed by atoms with Gasteiger partial charge >= 0.3 is 0 Å². The molecular formula is C19H18FNO4S. The molecule has 136 valence electrons. The molecule has 1 heterocycles. The minimum atomic E-state index is -3.78. The van der Waals surface area contributed by atoms with Crippen molar-refractivity contribution in [2.75, 3.05) is 7.11 Å². The van der Waals surface area contributed by atoms with Crippen molar-refractivity contribution >= 4 is 10.0 Å². The Bertz CT molecular complexity index is 956. The summed E-state index contributed by atoms with van der Waals surface area (Å²) >= 11 is 0. The minimum absolute atomic E-state index is 0.00115. The fourth-order valence-corrected chi connectivity index (χ4v) is 3.97. The molecule has 0 amide bonds. The molecule has 7 heteroatoms. The predicted octanol–water partition coefficient (Wildman–Crippen LogP) is 3.82. The van der Waals surface area contributed by atoms with Crippen molar-refractivity contribution in [2.24, 2.45) is 0 Å². The number of furan rings is 1. The van der Waals surface area contributed by atoms with Crippen LogP contribution in [0.1, 0.15) is 11.3 Å². The van der Waals surface area contributed by atoms with E-state index in [1.807, 2.05) is 0 Å². The van der Waals surface area contributed by atoms with Gasteiger partial charge in [0, 0.05) is 6.54 Å². The lowest BCUT2D eigenvalue weighted by Crippen LogP contribution is -2.30. The van der Waals surface area contributed by atoms with Crippen molar-refractivity contribution in [1.82, 2.24) is 4.31 Å². The van der Waals surface area contributed by atoms with Crippen molar-refractivity contribution in [2.45, 2.75) is 18.0 Å². The number of nitrogens with zero attached hydrogens (tertiary/aromatic N) is 1. The van der Waals surface area contributed by atoms with E-state index in [-0.39, 0.29) is 23.7 Å². The molecule has 0 spiro atoms. The van der Waals surface area contributed by atoms with Gasteiger partial charge in [-0.3, -0.25) is 0 Å². The molecular weight excluding hydrogens is 357 g/mol. The quantitative estimate of drug-likeness (QED) is 0.630. The van der Waals surface area contributed by atoms with Crippen molar-refractivity contribution in [3.05, 3.63) is 84.1 Å². The van der Waals surface area contributed by atoms with Gasteiger partial charge in [-0.15, -0.1) is 0 Å². The van der Waals surface area contributed by atoms with E-state index < -0.39 is 15.8 Å². The van der Waals surface area contributed by atoms with Crippen molar-refractivity contribution in [1.29, 1.82) is 0 Å². The molecule has 0 saturated heterocycles. The van der Waals surface area contributed by atoms with Crippen LogP contribution in [-0.2, 0) is 23.1 Å². The Morgan fingerprint density at radius 3 is 2.42 bits per heavy atom. The third-order valence-corrected chi connectivity index (χ3v) is 5.67. The van der Waals surface area contributed by atoms with Crippen LogP contribution < -0.4 is 4.74 Å². The van der Waals surface area contributed by atoms with Crippen molar-refractivity contribution in [3.8, 4) is 5.75 Å². The van der Waals surface area contributed by atoms with Crippen LogP contribution in [0.3, 0.4) is 0 Å². The summed E-state index contributed by atoms with van der Waals surface area (Å²) in [6.07, 6.45) is 1.48. The molecule has 0 saturated carbocycles. The Balaban J connectivity index is 1.94. The maximum Gasteiger partial charge on any atom is 0.243 e. The molecule has 0 fully saturated rings. The number of hydrogen-bond donors (Lipinski definition) is 0. The van der Waals surface area contributed by atoms with Gasteiger partial charge in [0.2, 0.25) is 10.0 Å². The van der Waals surface area contributed by atoms with Gasteiger partial charge in [0.15, 0.2) is 11.6 Å². The molecule has 0 radical (unpaired) electrons. The van der Waals surface area contributed by atoms with Gasteiger partial charge in [-0.25, -0.2) is 12.8 Å². The second kappa shape index (κ2) is 7.72. The van der Waals surface area contributed by atoms with Crippen LogP contribution in [0.25, 0.3) is 0 Å². The molecule has 3 rings (SSSR count). The highest BCUT2D eigenvalue weighted by Gasteiger charge is 2.26. The van der Waals surface area contributed by atoms with E-state index in [0.29, 0.717) is 11.3 Å². The smallest absolute Gasteiger partial charge is 0.243 e. The summed E-state index contributed by atoms with van der Waals surface area (Å²) in [4.78, 5) is 0.167. The van der Waals surface area contributed by atoms with Gasteiger partial charge in [-0.1, -0.05) is 24.3 Å². The van der Waals surface area contributed by atoms with E-state index in [0.717, 1.165) is 0 Å². The summed E-state index contributed by atoms with van der Waals surface area (Å²) in [6, 6.07) is 15.9. The zero-order valence-electron chi connectivity index (χ0n) is 14.1. The van der Waals surface area contributed by atoms with E-state index in [4.69, 9.17) is 9.15 Å². The Hall–Kier alpha value is -2.64. The van der Waals surface area contributed by atoms with Crippen LogP contribution in [0.4, 0.5) is 4.39 Å². The highest BCUT2D eigenvalue weighted by molar-refractivity contribution is 7.89. The first-order valence-electron chi connectivity index (χ1n) is 7.90. The second-order valence-corrected chi connectivity index (χ2v) is 7.57. The summed E-state index contributed by atoms with van der Waals surface area (Å²) in [5, 5.41) is 0. The Morgan fingerprint density at radius 1 is 1.04 bits per heavy atom. The highest BCUT2D eigenvalue weighted by Crippen LogP contribution is 2.24. The molecule has 0 aliphatic carbocycles. The number of hydrogen-bond acceptors (Lipinski definition) is 4. The molecule has 0 atom stereocenters. The summed E-state index contributed by atoms with van der Waals surface area (Å²) in [6.45, 7) is 0.0384. The van der Waals surface area contributed by atoms with E-state index in [1.54, 1.807) is 36.4 Å². The van der Waals surface area contributed by atoms with Gasteiger partial charge < -0.3 is 9.15 Å². The van der Waals surface area contributed by atoms with Crippen LogP contribution in [0.15, 0.2) is 76.2 Å². The number of sulfonamides is 1. The van der Waals surface area contributed by atoms with E-state index in [9.17, 15) is 12.8 Å². The summed E-state index contributed by atoms with van der Waals surface area (Å²) in [5.74, 6) is 0.0656. The monoisotopic (exact) mass is 375 g/mol. The van der Waals surface area contributed by atoms with Crippen LogP contribution in [0.5, 0.6) is 5.75 Å². The standard InChI is InChI=1S/C19H18FNO4S/c1-24-19-10-9-15(12-18(19)20)13-21(14-16-6-5-11-25-16)26(22,23)17-7-3-2-4-8-17/h2-12H,13-14H2,1H3. The highest BCUT2D eigenvalue weighted by atomic mass is 32.2. The van der Waals surface area contributed by atoms with Gasteiger partial charge in [-0.05, 0) is 42.0 Å². The van der Waals surface area contributed by atoms with Gasteiger partial charge in [0.1, 0.15) is 5.76 Å². The minimum Gasteiger partial charge on any atom is -0.494 e. The van der Waals surface area contributed by atoms with Gasteiger partial charge in [0.05, 0.1) is 24.8 Å². The van der Waals surface area contributed by atoms with Gasteiger partial charge in [0.25, 0.3) is 0 Å². The van der Waals surface area contributed by atoms with Crippen LogP contribution >= 0.6 is 0 Å². The fraction of sp³-hybridized carbons (Fsp3) is 0.158. The van der Waals surface area contributed by atoms with Gasteiger partial charge in [-0.2, -0.15) is 4.31 Å². The number of rotatable bonds is 7. The maximum atomic E-state index is 14.0. The molecule has 0 bridgehead atoms. The lowest BCUT2D eigenvalue weighted by Gasteiger charge is -2.21. The molecule has 0 N–H and O–H groups in total. The van der Waals surface area contributed by atoms with Crippen LogP contribution in [0, 0.1) is 5.82 Å². The predicted molar refractivity (Wildman–Crippen MR) is 94.5 cm³/mol. The Morgan fingerprint density at radius 2 is 1.81 bits per heavy atom. The lowest BCUT2D eigenvalue weighted by molar-refractivity contribution is 0.356. The first kappa shape index (κ1) is 18.2. The normalized spacial score (nSPS) is 11.7. The summed E-state index contributed by atoms with van der Waals surface area (Å²) < 4.78 is 51.5. The average molecular weight is 375 g/mol. The topological polar surface area (TPSA) is 59.8 Å².